The Morgan fingerprint density at radius 1 is 1.18 bits per heavy atom. The number of allylic oxidation sites excluding steroid dienone is 1. The molecule has 1 N–H and O–H groups in total. The quantitative estimate of drug-likeness (QED) is 0.825. The van der Waals surface area contributed by atoms with Gasteiger partial charge in [-0.05, 0) is 30.2 Å². The second-order valence-corrected chi connectivity index (χ2v) is 6.56. The van der Waals surface area contributed by atoms with Crippen LogP contribution in [0.5, 0.6) is 11.5 Å². The van der Waals surface area contributed by atoms with Crippen LogP contribution in [0, 0.1) is 0 Å². The molecule has 2 amide bonds. The van der Waals surface area contributed by atoms with Crippen LogP contribution in [0.4, 0.5) is 4.79 Å². The predicted octanol–water partition coefficient (Wildman–Crippen LogP) is 3.13. The van der Waals surface area contributed by atoms with Gasteiger partial charge in [0.2, 0.25) is 6.79 Å². The number of benzene rings is 2. The molecule has 2 heterocycles. The molecule has 144 valence electrons. The molecule has 0 spiro atoms. The van der Waals surface area contributed by atoms with Crippen molar-refractivity contribution in [2.45, 2.75) is 19.5 Å². The van der Waals surface area contributed by atoms with Crippen LogP contribution < -0.4 is 14.8 Å². The number of fused-ring (bicyclic) bond motifs is 1. The Hall–Kier alpha value is -3.48. The minimum atomic E-state index is -0.638. The lowest BCUT2D eigenvalue weighted by Gasteiger charge is -2.35. The number of nitrogens with zero attached hydrogens (tertiary/aromatic N) is 1. The van der Waals surface area contributed by atoms with E-state index < -0.39 is 12.0 Å². The van der Waals surface area contributed by atoms with E-state index in [9.17, 15) is 9.59 Å². The number of carbonyl (C=O) groups excluding carboxylic acids is 2. The molecule has 2 aromatic carbocycles. The van der Waals surface area contributed by atoms with E-state index in [0.29, 0.717) is 29.3 Å². The fourth-order valence-electron chi connectivity index (χ4n) is 3.45. The van der Waals surface area contributed by atoms with Crippen molar-refractivity contribution in [2.75, 3.05) is 13.9 Å². The van der Waals surface area contributed by atoms with Crippen molar-refractivity contribution >= 4 is 12.0 Å². The fraction of sp³-hybridized carbons (Fsp3) is 0.238. The summed E-state index contributed by atoms with van der Waals surface area (Å²) in [7, 11) is 1.33. The van der Waals surface area contributed by atoms with Crippen LogP contribution in [-0.4, -0.2) is 30.8 Å². The van der Waals surface area contributed by atoms with E-state index in [0.717, 1.165) is 11.1 Å². The number of rotatable bonds is 4. The molecule has 0 saturated heterocycles. The molecule has 2 aliphatic rings. The summed E-state index contributed by atoms with van der Waals surface area (Å²) in [5.74, 6) is 0.732. The zero-order chi connectivity index (χ0) is 19.7. The van der Waals surface area contributed by atoms with Crippen LogP contribution in [0.15, 0.2) is 59.8 Å². The van der Waals surface area contributed by atoms with Gasteiger partial charge in [-0.3, -0.25) is 4.90 Å². The van der Waals surface area contributed by atoms with Gasteiger partial charge in [0.15, 0.2) is 11.5 Å². The molecule has 7 heteroatoms. The molecule has 28 heavy (non-hydrogen) atoms. The van der Waals surface area contributed by atoms with E-state index in [4.69, 9.17) is 14.2 Å². The van der Waals surface area contributed by atoms with Gasteiger partial charge in [-0.1, -0.05) is 36.4 Å². The number of hydrogen-bond acceptors (Lipinski definition) is 5. The van der Waals surface area contributed by atoms with Gasteiger partial charge in [0.05, 0.1) is 25.3 Å². The number of ether oxygens (including phenoxy) is 3. The van der Waals surface area contributed by atoms with Gasteiger partial charge in [-0.15, -0.1) is 0 Å². The Kier molecular flexibility index (Phi) is 4.65. The molecule has 0 aliphatic carbocycles. The molecule has 0 fully saturated rings. The molecule has 1 atom stereocenters. The maximum Gasteiger partial charge on any atom is 0.337 e. The predicted molar refractivity (Wildman–Crippen MR) is 101 cm³/mol. The van der Waals surface area contributed by atoms with Gasteiger partial charge in [0.25, 0.3) is 0 Å². The largest absolute Gasteiger partial charge is 0.466 e. The van der Waals surface area contributed by atoms with E-state index >= 15 is 0 Å². The third-order valence-electron chi connectivity index (χ3n) is 4.92. The number of esters is 1. The van der Waals surface area contributed by atoms with E-state index in [2.05, 4.69) is 5.32 Å². The van der Waals surface area contributed by atoms with Gasteiger partial charge < -0.3 is 19.5 Å². The first kappa shape index (κ1) is 17.9. The maximum absolute atomic E-state index is 12.9. The average Bonchev–Trinajstić information content (AvgIpc) is 3.19. The highest BCUT2D eigenvalue weighted by Crippen LogP contribution is 2.38. The molecule has 0 bridgehead atoms. The molecule has 2 aliphatic heterocycles. The van der Waals surface area contributed by atoms with Crippen LogP contribution >= 0.6 is 0 Å². The number of carbonyl (C=O) groups is 2. The van der Waals surface area contributed by atoms with Crippen LogP contribution in [0.2, 0.25) is 0 Å². The third kappa shape index (κ3) is 3.15. The van der Waals surface area contributed by atoms with Crippen molar-refractivity contribution in [3.05, 3.63) is 70.9 Å². The number of urea groups is 1. The smallest absolute Gasteiger partial charge is 0.337 e. The Labute approximate surface area is 162 Å². The summed E-state index contributed by atoms with van der Waals surface area (Å²) in [5.41, 5.74) is 2.62. The lowest BCUT2D eigenvalue weighted by molar-refractivity contribution is -0.136. The first-order valence-corrected chi connectivity index (χ1v) is 8.89. The zero-order valence-corrected chi connectivity index (χ0v) is 15.6. The highest BCUT2D eigenvalue weighted by Gasteiger charge is 2.36. The van der Waals surface area contributed by atoms with E-state index in [1.165, 1.54) is 7.11 Å². The number of amides is 2. The first-order valence-electron chi connectivity index (χ1n) is 8.89. The Bertz CT molecular complexity index is 955. The molecule has 7 nitrogen and oxygen atoms in total. The van der Waals surface area contributed by atoms with Crippen LogP contribution in [-0.2, 0) is 16.1 Å². The topological polar surface area (TPSA) is 77.1 Å². The second-order valence-electron chi connectivity index (χ2n) is 6.56. The summed E-state index contributed by atoms with van der Waals surface area (Å²) in [6.07, 6.45) is 0. The molecule has 1 unspecified atom stereocenters. The molecule has 0 saturated carbocycles. The van der Waals surface area contributed by atoms with Gasteiger partial charge in [-0.2, -0.15) is 0 Å². The summed E-state index contributed by atoms with van der Waals surface area (Å²) in [4.78, 5) is 27.0. The third-order valence-corrected chi connectivity index (χ3v) is 4.92. The highest BCUT2D eigenvalue weighted by molar-refractivity contribution is 5.95. The van der Waals surface area contributed by atoms with Gasteiger partial charge >= 0.3 is 12.0 Å². The monoisotopic (exact) mass is 380 g/mol. The van der Waals surface area contributed by atoms with Crippen molar-refractivity contribution in [3.63, 3.8) is 0 Å². The van der Waals surface area contributed by atoms with Crippen LogP contribution in [0.25, 0.3) is 0 Å². The average molecular weight is 380 g/mol. The van der Waals surface area contributed by atoms with E-state index in [-0.39, 0.29) is 12.8 Å². The van der Waals surface area contributed by atoms with Crippen LogP contribution in [0.3, 0.4) is 0 Å². The lowest BCUT2D eigenvalue weighted by atomic mass is 9.94. The molecule has 0 aromatic heterocycles. The summed E-state index contributed by atoms with van der Waals surface area (Å²) in [6.45, 7) is 2.26. The number of nitrogens with one attached hydrogen (secondary N) is 1. The SMILES string of the molecule is COC(=O)C1=C(C)N(Cc2ccccc2)C(=O)NC1c1ccc2c(c1)OCO2. The van der Waals surface area contributed by atoms with Crippen LogP contribution in [0.1, 0.15) is 24.1 Å². The van der Waals surface area contributed by atoms with Gasteiger partial charge in [-0.25, -0.2) is 9.59 Å². The molecule has 2 aromatic rings. The summed E-state index contributed by atoms with van der Waals surface area (Å²) < 4.78 is 15.8. The normalized spacial score (nSPS) is 18.1. The zero-order valence-electron chi connectivity index (χ0n) is 15.6. The Morgan fingerprint density at radius 2 is 1.93 bits per heavy atom. The van der Waals surface area contributed by atoms with Crippen molar-refractivity contribution in [2.24, 2.45) is 0 Å². The maximum atomic E-state index is 12.9. The standard InChI is InChI=1S/C21H20N2O5/c1-13-18(20(24)26-2)19(15-8-9-16-17(10-15)28-12-27-16)22-21(25)23(13)11-14-6-4-3-5-7-14/h3-10,19H,11-12H2,1-2H3,(H,22,25). The first-order chi connectivity index (χ1) is 13.6. The van der Waals surface area contributed by atoms with Crippen molar-refractivity contribution < 1.29 is 23.8 Å². The second kappa shape index (κ2) is 7.26. The molecule has 4 rings (SSSR count). The minimum absolute atomic E-state index is 0.152. The van der Waals surface area contributed by atoms with Gasteiger partial charge in [0, 0.05) is 5.70 Å². The van der Waals surface area contributed by atoms with E-state index in [1.807, 2.05) is 36.4 Å². The lowest BCUT2D eigenvalue weighted by Crippen LogP contribution is -2.47. The molecular formula is C21H20N2O5. The highest BCUT2D eigenvalue weighted by atomic mass is 16.7. The fourth-order valence-corrected chi connectivity index (χ4v) is 3.45. The number of hydrogen-bond donors (Lipinski definition) is 1. The summed E-state index contributed by atoms with van der Waals surface area (Å²) in [6, 6.07) is 14.0. The molecule has 0 radical (unpaired) electrons. The van der Waals surface area contributed by atoms with Crippen molar-refractivity contribution in [3.8, 4) is 11.5 Å². The summed E-state index contributed by atoms with van der Waals surface area (Å²) >= 11 is 0. The minimum Gasteiger partial charge on any atom is -0.466 e. The Morgan fingerprint density at radius 3 is 2.68 bits per heavy atom. The number of methoxy groups -OCH3 is 1. The van der Waals surface area contributed by atoms with Crippen molar-refractivity contribution in [1.29, 1.82) is 0 Å². The summed E-state index contributed by atoms with van der Waals surface area (Å²) in [5, 5.41) is 2.92. The Balaban J connectivity index is 1.73. The molecular weight excluding hydrogens is 360 g/mol. The van der Waals surface area contributed by atoms with Gasteiger partial charge in [0.1, 0.15) is 0 Å². The van der Waals surface area contributed by atoms with E-state index in [1.54, 1.807) is 24.0 Å². The van der Waals surface area contributed by atoms with Crippen molar-refractivity contribution in [1.82, 2.24) is 10.2 Å².